The fourth-order valence-electron chi connectivity index (χ4n) is 2.15. The van der Waals surface area contributed by atoms with Gasteiger partial charge in [-0.3, -0.25) is 4.79 Å². The second-order valence-corrected chi connectivity index (χ2v) is 5.93. The number of ether oxygens (including phenoxy) is 1. The van der Waals surface area contributed by atoms with Crippen molar-refractivity contribution in [3.05, 3.63) is 76.6 Å². The van der Waals surface area contributed by atoms with E-state index < -0.39 is 6.61 Å². The van der Waals surface area contributed by atoms with Crippen LogP contribution in [-0.2, 0) is 0 Å². The lowest BCUT2D eigenvalue weighted by Gasteiger charge is -2.04. The highest BCUT2D eigenvalue weighted by Gasteiger charge is 2.07. The first-order valence-corrected chi connectivity index (χ1v) is 8.28. The fraction of sp³-hybridized carbons (Fsp3) is 0.0526. The van der Waals surface area contributed by atoms with Gasteiger partial charge in [0.15, 0.2) is 5.78 Å². The van der Waals surface area contributed by atoms with Gasteiger partial charge in [-0.25, -0.2) is 4.98 Å². The molecule has 1 heterocycles. The van der Waals surface area contributed by atoms with Gasteiger partial charge in [-0.2, -0.15) is 8.78 Å². The van der Waals surface area contributed by atoms with Crippen LogP contribution in [0.2, 0.25) is 0 Å². The molecule has 0 aliphatic heterocycles. The lowest BCUT2D eigenvalue weighted by Crippen LogP contribution is -2.02. The van der Waals surface area contributed by atoms with Gasteiger partial charge in [0, 0.05) is 16.5 Å². The number of aromatic nitrogens is 1. The molecule has 0 saturated heterocycles. The van der Waals surface area contributed by atoms with Crippen molar-refractivity contribution in [1.82, 2.24) is 4.98 Å². The van der Waals surface area contributed by atoms with E-state index in [0.717, 1.165) is 11.3 Å². The van der Waals surface area contributed by atoms with E-state index in [1.165, 1.54) is 41.7 Å². The van der Waals surface area contributed by atoms with E-state index in [0.29, 0.717) is 10.6 Å². The van der Waals surface area contributed by atoms with Gasteiger partial charge in [0.05, 0.1) is 5.69 Å². The molecule has 6 heteroatoms. The summed E-state index contributed by atoms with van der Waals surface area (Å²) in [6.07, 6.45) is 3.06. The molecule has 0 fully saturated rings. The van der Waals surface area contributed by atoms with Crippen molar-refractivity contribution in [3.8, 4) is 17.0 Å². The Labute approximate surface area is 147 Å². The number of halogens is 2. The van der Waals surface area contributed by atoms with Crippen LogP contribution in [0.25, 0.3) is 17.3 Å². The molecule has 0 aliphatic rings. The van der Waals surface area contributed by atoms with Gasteiger partial charge < -0.3 is 4.74 Å². The number of hydrogen-bond donors (Lipinski definition) is 0. The summed E-state index contributed by atoms with van der Waals surface area (Å²) < 4.78 is 28.5. The third-order valence-electron chi connectivity index (χ3n) is 3.33. The number of ketones is 1. The largest absolute Gasteiger partial charge is 0.435 e. The summed E-state index contributed by atoms with van der Waals surface area (Å²) in [5.74, 6) is -0.219. The summed E-state index contributed by atoms with van der Waals surface area (Å²) >= 11 is 1.44. The first kappa shape index (κ1) is 17.0. The average molecular weight is 357 g/mol. The number of alkyl halides is 2. The first-order valence-electron chi connectivity index (χ1n) is 7.40. The first-order chi connectivity index (χ1) is 12.1. The van der Waals surface area contributed by atoms with Crippen molar-refractivity contribution < 1.29 is 18.3 Å². The maximum Gasteiger partial charge on any atom is 0.387 e. The molecule has 0 atom stereocenters. The molecule has 126 valence electrons. The quantitative estimate of drug-likeness (QED) is 0.443. The molecule has 0 bridgehead atoms. The monoisotopic (exact) mass is 357 g/mol. The Morgan fingerprint density at radius 3 is 2.48 bits per heavy atom. The van der Waals surface area contributed by atoms with E-state index in [1.807, 2.05) is 35.7 Å². The van der Waals surface area contributed by atoms with Crippen LogP contribution in [0.5, 0.6) is 5.75 Å². The van der Waals surface area contributed by atoms with E-state index in [-0.39, 0.29) is 11.5 Å². The lowest BCUT2D eigenvalue weighted by atomic mass is 10.1. The summed E-state index contributed by atoms with van der Waals surface area (Å²) in [7, 11) is 0. The molecule has 3 nitrogen and oxygen atoms in total. The summed E-state index contributed by atoms with van der Waals surface area (Å²) in [5, 5.41) is 2.64. The standard InChI is InChI=1S/C19H13F2NO2S/c20-19(21)24-15-8-6-14(7-9-15)17(23)10-11-18-22-16(12-25-18)13-4-2-1-3-5-13/h1-12,19H. The number of rotatable bonds is 6. The Hall–Kier alpha value is -2.86. The van der Waals surface area contributed by atoms with Crippen molar-refractivity contribution in [2.75, 3.05) is 0 Å². The highest BCUT2D eigenvalue weighted by Crippen LogP contribution is 2.22. The molecule has 0 aliphatic carbocycles. The van der Waals surface area contributed by atoms with Crippen LogP contribution in [0.15, 0.2) is 66.1 Å². The minimum atomic E-state index is -2.88. The van der Waals surface area contributed by atoms with Gasteiger partial charge in [-0.1, -0.05) is 30.3 Å². The van der Waals surface area contributed by atoms with Crippen molar-refractivity contribution in [2.24, 2.45) is 0 Å². The number of nitrogens with zero attached hydrogens (tertiary/aromatic N) is 1. The third kappa shape index (κ3) is 4.58. The van der Waals surface area contributed by atoms with E-state index in [4.69, 9.17) is 0 Å². The number of thiazole rings is 1. The smallest absolute Gasteiger partial charge is 0.387 e. The molecule has 1 aromatic heterocycles. The second-order valence-electron chi connectivity index (χ2n) is 5.04. The summed E-state index contributed by atoms with van der Waals surface area (Å²) in [6.45, 7) is -2.88. The zero-order chi connectivity index (χ0) is 17.6. The topological polar surface area (TPSA) is 39.2 Å². The zero-order valence-corrected chi connectivity index (χ0v) is 13.7. The van der Waals surface area contributed by atoms with Gasteiger partial charge in [0.2, 0.25) is 0 Å². The minimum Gasteiger partial charge on any atom is -0.435 e. The number of benzene rings is 2. The molecule has 3 aromatic rings. The number of allylic oxidation sites excluding steroid dienone is 1. The Kier molecular flexibility index (Phi) is 5.30. The Bertz CT molecular complexity index is 874. The average Bonchev–Trinajstić information content (AvgIpc) is 3.10. The van der Waals surface area contributed by atoms with Crippen LogP contribution < -0.4 is 4.74 Å². The third-order valence-corrected chi connectivity index (χ3v) is 4.14. The molecule has 0 amide bonds. The molecule has 3 rings (SSSR count). The van der Waals surface area contributed by atoms with E-state index in [1.54, 1.807) is 6.08 Å². The van der Waals surface area contributed by atoms with Crippen molar-refractivity contribution in [2.45, 2.75) is 6.61 Å². The van der Waals surface area contributed by atoms with Gasteiger partial charge >= 0.3 is 6.61 Å². The maximum atomic E-state index is 12.1. The van der Waals surface area contributed by atoms with Gasteiger partial charge in [0.1, 0.15) is 10.8 Å². The van der Waals surface area contributed by atoms with Gasteiger partial charge in [-0.15, -0.1) is 11.3 Å². The molecule has 0 saturated carbocycles. The molecule has 0 spiro atoms. The maximum absolute atomic E-state index is 12.1. The summed E-state index contributed by atoms with van der Waals surface area (Å²) in [4.78, 5) is 16.6. The van der Waals surface area contributed by atoms with Crippen molar-refractivity contribution >= 4 is 23.2 Å². The van der Waals surface area contributed by atoms with Crippen LogP contribution >= 0.6 is 11.3 Å². The predicted octanol–water partition coefficient (Wildman–Crippen LogP) is 5.31. The van der Waals surface area contributed by atoms with Crippen LogP contribution in [0.1, 0.15) is 15.4 Å². The van der Waals surface area contributed by atoms with Gasteiger partial charge in [-0.05, 0) is 36.4 Å². The number of carbonyl (C=O) groups excluding carboxylic acids is 1. The van der Waals surface area contributed by atoms with Crippen molar-refractivity contribution in [3.63, 3.8) is 0 Å². The molecule has 2 aromatic carbocycles. The molecular formula is C19H13F2NO2S. The van der Waals surface area contributed by atoms with Gasteiger partial charge in [0.25, 0.3) is 0 Å². The van der Waals surface area contributed by atoms with E-state index >= 15 is 0 Å². The number of carbonyl (C=O) groups is 1. The lowest BCUT2D eigenvalue weighted by molar-refractivity contribution is -0.0498. The van der Waals surface area contributed by atoms with Crippen molar-refractivity contribution in [1.29, 1.82) is 0 Å². The highest BCUT2D eigenvalue weighted by molar-refractivity contribution is 7.10. The van der Waals surface area contributed by atoms with E-state index in [9.17, 15) is 13.6 Å². The Morgan fingerprint density at radius 1 is 1.08 bits per heavy atom. The Morgan fingerprint density at radius 2 is 1.80 bits per heavy atom. The van der Waals surface area contributed by atoms with E-state index in [2.05, 4.69) is 9.72 Å². The predicted molar refractivity (Wildman–Crippen MR) is 94.0 cm³/mol. The van der Waals surface area contributed by atoms with Crippen LogP contribution in [0.3, 0.4) is 0 Å². The molecule has 0 unspecified atom stereocenters. The highest BCUT2D eigenvalue weighted by atomic mass is 32.1. The van der Waals surface area contributed by atoms with Crippen LogP contribution in [0.4, 0.5) is 8.78 Å². The molecular weight excluding hydrogens is 344 g/mol. The van der Waals surface area contributed by atoms with Crippen LogP contribution in [-0.4, -0.2) is 17.4 Å². The molecule has 25 heavy (non-hydrogen) atoms. The zero-order valence-electron chi connectivity index (χ0n) is 12.9. The minimum absolute atomic E-state index is 0.0166. The summed E-state index contributed by atoms with van der Waals surface area (Å²) in [6, 6.07) is 15.3. The SMILES string of the molecule is O=C(C=Cc1nc(-c2ccccc2)cs1)c1ccc(OC(F)F)cc1. The number of hydrogen-bond acceptors (Lipinski definition) is 4. The fourth-order valence-corrected chi connectivity index (χ4v) is 2.87. The summed E-state index contributed by atoms with van der Waals surface area (Å²) in [5.41, 5.74) is 2.25. The normalized spacial score (nSPS) is 11.2. The molecule has 0 N–H and O–H groups in total. The molecule has 0 radical (unpaired) electrons. The Balaban J connectivity index is 1.67. The second kappa shape index (κ2) is 7.81. The van der Waals surface area contributed by atoms with Crippen LogP contribution in [0, 0.1) is 0 Å².